The third-order valence-electron chi connectivity index (χ3n) is 1.29. The van der Waals surface area contributed by atoms with Crippen LogP contribution in [0.15, 0.2) is 17.1 Å². The molecule has 0 aromatic rings. The highest BCUT2D eigenvalue weighted by Crippen LogP contribution is 1.92. The van der Waals surface area contributed by atoms with Crippen molar-refractivity contribution in [2.45, 2.75) is 26.7 Å². The fraction of sp³-hybridized carbons (Fsp3) is 0.625. The third-order valence-corrected chi connectivity index (χ3v) is 1.29. The van der Waals surface area contributed by atoms with E-state index < -0.39 is 0 Å². The fourth-order valence-electron chi connectivity index (χ4n) is 0.571. The summed E-state index contributed by atoms with van der Waals surface area (Å²) in [5.41, 5.74) is 1.23. The Kier molecular flexibility index (Phi) is 5.18. The molecule has 0 saturated carbocycles. The summed E-state index contributed by atoms with van der Waals surface area (Å²) in [5.74, 6) is 0. The first kappa shape index (κ1) is 8.41. The molecule has 52 valence electrons. The van der Waals surface area contributed by atoms with Crippen molar-refractivity contribution in [2.75, 3.05) is 7.05 Å². The SMILES string of the molecule is C/C=C\CCC(C)=NC. The Morgan fingerprint density at radius 2 is 2.22 bits per heavy atom. The molecule has 0 aliphatic carbocycles. The molecule has 0 atom stereocenters. The van der Waals surface area contributed by atoms with Crippen LogP contribution in [0.4, 0.5) is 0 Å². The summed E-state index contributed by atoms with van der Waals surface area (Å²) in [4.78, 5) is 4.04. The van der Waals surface area contributed by atoms with Crippen LogP contribution in [0.5, 0.6) is 0 Å². The smallest absolute Gasteiger partial charge is 0.0276 e. The summed E-state index contributed by atoms with van der Waals surface area (Å²) in [6.45, 7) is 4.10. The lowest BCUT2D eigenvalue weighted by atomic mass is 10.2. The lowest BCUT2D eigenvalue weighted by Crippen LogP contribution is -1.87. The zero-order valence-corrected chi connectivity index (χ0v) is 6.52. The highest BCUT2D eigenvalue weighted by Gasteiger charge is 1.84. The second-order valence-corrected chi connectivity index (χ2v) is 2.07. The average Bonchev–Trinajstić information content (AvgIpc) is 1.89. The van der Waals surface area contributed by atoms with Gasteiger partial charge in [0.05, 0.1) is 0 Å². The van der Waals surface area contributed by atoms with Gasteiger partial charge < -0.3 is 0 Å². The molecule has 0 amide bonds. The minimum Gasteiger partial charge on any atom is -0.298 e. The van der Waals surface area contributed by atoms with E-state index in [0.717, 1.165) is 12.8 Å². The molecule has 0 bridgehead atoms. The lowest BCUT2D eigenvalue weighted by Gasteiger charge is -1.91. The molecule has 0 aromatic carbocycles. The van der Waals surface area contributed by atoms with Crippen LogP contribution >= 0.6 is 0 Å². The van der Waals surface area contributed by atoms with E-state index in [4.69, 9.17) is 0 Å². The van der Waals surface area contributed by atoms with E-state index >= 15 is 0 Å². The molecule has 0 fully saturated rings. The molecule has 0 aromatic heterocycles. The molecular weight excluding hydrogens is 110 g/mol. The van der Waals surface area contributed by atoms with Gasteiger partial charge in [-0.1, -0.05) is 12.2 Å². The Balaban J connectivity index is 3.28. The minimum atomic E-state index is 1.10. The van der Waals surface area contributed by atoms with E-state index in [9.17, 15) is 0 Å². The van der Waals surface area contributed by atoms with Crippen molar-refractivity contribution < 1.29 is 0 Å². The maximum Gasteiger partial charge on any atom is 0.0276 e. The Morgan fingerprint density at radius 3 is 2.67 bits per heavy atom. The van der Waals surface area contributed by atoms with E-state index in [1.165, 1.54) is 5.71 Å². The monoisotopic (exact) mass is 125 g/mol. The van der Waals surface area contributed by atoms with Gasteiger partial charge in [0.25, 0.3) is 0 Å². The van der Waals surface area contributed by atoms with Crippen LogP contribution in [0.2, 0.25) is 0 Å². The Hall–Kier alpha value is -0.590. The van der Waals surface area contributed by atoms with Gasteiger partial charge in [0, 0.05) is 12.8 Å². The van der Waals surface area contributed by atoms with Gasteiger partial charge in [0.15, 0.2) is 0 Å². The summed E-state index contributed by atoms with van der Waals surface area (Å²) in [5, 5.41) is 0. The quantitative estimate of drug-likeness (QED) is 0.406. The first-order valence-corrected chi connectivity index (χ1v) is 3.34. The van der Waals surface area contributed by atoms with Crippen LogP contribution in [0, 0.1) is 0 Å². The number of rotatable bonds is 3. The topological polar surface area (TPSA) is 12.4 Å². The molecule has 0 aliphatic rings. The summed E-state index contributed by atoms with van der Waals surface area (Å²) in [7, 11) is 1.84. The molecule has 0 unspecified atom stereocenters. The van der Waals surface area contributed by atoms with Crippen LogP contribution in [0.1, 0.15) is 26.7 Å². The van der Waals surface area contributed by atoms with Gasteiger partial charge in [0.2, 0.25) is 0 Å². The van der Waals surface area contributed by atoms with Crippen LogP contribution in [-0.2, 0) is 0 Å². The Morgan fingerprint density at radius 1 is 1.56 bits per heavy atom. The van der Waals surface area contributed by atoms with E-state index in [2.05, 4.69) is 24.1 Å². The zero-order chi connectivity index (χ0) is 7.11. The molecule has 0 heterocycles. The molecule has 0 N–H and O–H groups in total. The molecule has 0 aliphatic heterocycles. The van der Waals surface area contributed by atoms with Gasteiger partial charge in [-0.3, -0.25) is 4.99 Å². The number of nitrogens with zero attached hydrogens (tertiary/aromatic N) is 1. The zero-order valence-electron chi connectivity index (χ0n) is 6.52. The highest BCUT2D eigenvalue weighted by molar-refractivity contribution is 5.81. The number of hydrogen-bond donors (Lipinski definition) is 0. The van der Waals surface area contributed by atoms with Gasteiger partial charge in [0.1, 0.15) is 0 Å². The van der Waals surface area contributed by atoms with E-state index in [-0.39, 0.29) is 0 Å². The first-order valence-electron chi connectivity index (χ1n) is 3.34. The number of allylic oxidation sites excluding steroid dienone is 2. The molecule has 0 radical (unpaired) electrons. The molecule has 9 heavy (non-hydrogen) atoms. The van der Waals surface area contributed by atoms with Gasteiger partial charge in [-0.25, -0.2) is 0 Å². The molecular formula is C8H15N. The second kappa shape index (κ2) is 5.54. The number of hydrogen-bond acceptors (Lipinski definition) is 1. The average molecular weight is 125 g/mol. The standard InChI is InChI=1S/C8H15N/c1-4-5-6-7-8(2)9-3/h4-5H,6-7H2,1-3H3/b5-4-,9-8?. The largest absolute Gasteiger partial charge is 0.298 e. The molecule has 0 saturated heterocycles. The molecule has 0 rings (SSSR count). The van der Waals surface area contributed by atoms with Crippen LogP contribution < -0.4 is 0 Å². The van der Waals surface area contributed by atoms with Gasteiger partial charge in [-0.15, -0.1) is 0 Å². The summed E-state index contributed by atoms with van der Waals surface area (Å²) in [6.07, 6.45) is 6.46. The van der Waals surface area contributed by atoms with Crippen molar-refractivity contribution in [3.05, 3.63) is 12.2 Å². The van der Waals surface area contributed by atoms with Crippen molar-refractivity contribution in [1.82, 2.24) is 0 Å². The fourth-order valence-corrected chi connectivity index (χ4v) is 0.571. The second-order valence-electron chi connectivity index (χ2n) is 2.07. The van der Waals surface area contributed by atoms with Crippen LogP contribution in [0.3, 0.4) is 0 Å². The lowest BCUT2D eigenvalue weighted by molar-refractivity contribution is 1.08. The predicted octanol–water partition coefficient (Wildman–Crippen LogP) is 2.43. The van der Waals surface area contributed by atoms with Crippen LogP contribution in [-0.4, -0.2) is 12.8 Å². The van der Waals surface area contributed by atoms with Crippen molar-refractivity contribution in [3.63, 3.8) is 0 Å². The minimum absolute atomic E-state index is 1.10. The highest BCUT2D eigenvalue weighted by atomic mass is 14.7. The van der Waals surface area contributed by atoms with Crippen molar-refractivity contribution in [1.29, 1.82) is 0 Å². The molecule has 0 spiro atoms. The number of aliphatic imine (C=N–C) groups is 1. The summed E-state index contributed by atoms with van der Waals surface area (Å²) < 4.78 is 0. The van der Waals surface area contributed by atoms with E-state index in [1.807, 2.05) is 14.0 Å². The first-order chi connectivity index (χ1) is 4.31. The Bertz CT molecular complexity index is 112. The summed E-state index contributed by atoms with van der Waals surface area (Å²) in [6, 6.07) is 0. The van der Waals surface area contributed by atoms with Crippen molar-refractivity contribution in [3.8, 4) is 0 Å². The maximum atomic E-state index is 4.04. The van der Waals surface area contributed by atoms with Gasteiger partial charge in [-0.05, 0) is 26.7 Å². The van der Waals surface area contributed by atoms with Gasteiger partial charge in [-0.2, -0.15) is 0 Å². The van der Waals surface area contributed by atoms with Gasteiger partial charge >= 0.3 is 0 Å². The van der Waals surface area contributed by atoms with Crippen molar-refractivity contribution >= 4 is 5.71 Å². The molecule has 1 heteroatoms. The third kappa shape index (κ3) is 5.28. The normalized spacial score (nSPS) is 13.0. The van der Waals surface area contributed by atoms with E-state index in [1.54, 1.807) is 0 Å². The Labute approximate surface area is 57.5 Å². The van der Waals surface area contributed by atoms with Crippen LogP contribution in [0.25, 0.3) is 0 Å². The van der Waals surface area contributed by atoms with E-state index in [0.29, 0.717) is 0 Å². The maximum absolute atomic E-state index is 4.04. The predicted molar refractivity (Wildman–Crippen MR) is 43.1 cm³/mol. The summed E-state index contributed by atoms with van der Waals surface area (Å²) >= 11 is 0. The van der Waals surface area contributed by atoms with Crippen molar-refractivity contribution in [2.24, 2.45) is 4.99 Å². The molecule has 1 nitrogen and oxygen atoms in total.